The molecular weight excluding hydrogens is 266 g/mol. The molecule has 1 heterocycles. The Bertz CT molecular complexity index is 218. The second kappa shape index (κ2) is 4.51. The molecule has 0 saturated carbocycles. The van der Waals surface area contributed by atoms with E-state index in [0.717, 1.165) is 5.33 Å². The van der Waals surface area contributed by atoms with Crippen LogP contribution in [0, 0.1) is 5.41 Å². The molecule has 0 radical (unpaired) electrons. The summed E-state index contributed by atoms with van der Waals surface area (Å²) in [7, 11) is 0. The molecular formula is C9H16BrNO2S. The Labute approximate surface area is 96.8 Å². The topological polar surface area (TPSA) is 44.7 Å². The van der Waals surface area contributed by atoms with Gasteiger partial charge in [-0.1, -0.05) is 20.3 Å². The van der Waals surface area contributed by atoms with E-state index in [-0.39, 0.29) is 10.2 Å². The van der Waals surface area contributed by atoms with Crippen LogP contribution < -0.4 is 0 Å². The zero-order valence-electron chi connectivity index (χ0n) is 8.75. The van der Waals surface area contributed by atoms with Crippen LogP contribution in [0.25, 0.3) is 0 Å². The van der Waals surface area contributed by atoms with Gasteiger partial charge in [0.15, 0.2) is 0 Å². The summed E-state index contributed by atoms with van der Waals surface area (Å²) < 4.78 is 20.6. The van der Waals surface area contributed by atoms with E-state index in [4.69, 9.17) is 4.74 Å². The molecule has 1 aliphatic rings. The summed E-state index contributed by atoms with van der Waals surface area (Å²) in [5, 5.41) is 0.810. The number of nitrogens with zero attached hydrogens (tertiary/aromatic N) is 1. The zero-order valence-corrected chi connectivity index (χ0v) is 11.2. The van der Waals surface area contributed by atoms with E-state index in [9.17, 15) is 4.55 Å². The lowest BCUT2D eigenvalue weighted by atomic mass is 9.91. The first-order chi connectivity index (χ1) is 6.40. The molecule has 0 aromatic rings. The van der Waals surface area contributed by atoms with Gasteiger partial charge in [-0.25, -0.2) is 0 Å². The Morgan fingerprint density at radius 2 is 2.14 bits per heavy atom. The maximum Gasteiger partial charge on any atom is 0.144 e. The summed E-state index contributed by atoms with van der Waals surface area (Å²) in [6.07, 6.45) is 1.78. The van der Waals surface area contributed by atoms with Crippen molar-refractivity contribution in [3.05, 3.63) is 0 Å². The highest BCUT2D eigenvalue weighted by Crippen LogP contribution is 2.28. The van der Waals surface area contributed by atoms with Gasteiger partial charge in [-0.15, -0.1) is 0 Å². The third kappa shape index (κ3) is 2.95. The molecule has 14 heavy (non-hydrogen) atoms. The number of hydrogen-bond acceptors (Lipinski definition) is 3. The van der Waals surface area contributed by atoms with E-state index in [2.05, 4.69) is 20.3 Å². The predicted octanol–water partition coefficient (Wildman–Crippen LogP) is 1.93. The maximum absolute atomic E-state index is 11.6. The van der Waals surface area contributed by atoms with Crippen LogP contribution in [0.4, 0.5) is 0 Å². The Hall–Kier alpha value is 0.420. The molecule has 0 aromatic heterocycles. The maximum atomic E-state index is 11.6. The van der Waals surface area contributed by atoms with Crippen LogP contribution in [0.3, 0.4) is 0 Å². The van der Waals surface area contributed by atoms with Gasteiger partial charge in [-0.05, 0) is 20.8 Å². The van der Waals surface area contributed by atoms with Crippen LogP contribution in [-0.2, 0) is 16.1 Å². The van der Waals surface area contributed by atoms with Crippen molar-refractivity contribution in [2.24, 2.45) is 9.81 Å². The standard InChI is InChI=1S/C9H16BrNO2S/c1-8(2,3)14(12)11-5-9(4-10)6-13-7-9/h5H,4,6-7H2,1-3H3/b11-5+. The van der Waals surface area contributed by atoms with Crippen LogP contribution >= 0.6 is 15.9 Å². The van der Waals surface area contributed by atoms with E-state index in [1.165, 1.54) is 0 Å². The van der Waals surface area contributed by atoms with E-state index >= 15 is 0 Å². The largest absolute Gasteiger partial charge is 0.591 e. The van der Waals surface area contributed by atoms with Crippen molar-refractivity contribution < 1.29 is 9.29 Å². The minimum Gasteiger partial charge on any atom is -0.591 e. The highest BCUT2D eigenvalue weighted by atomic mass is 79.9. The molecule has 1 aliphatic heterocycles. The van der Waals surface area contributed by atoms with Gasteiger partial charge in [-0.2, -0.15) is 0 Å². The van der Waals surface area contributed by atoms with Gasteiger partial charge in [0, 0.05) is 5.33 Å². The van der Waals surface area contributed by atoms with E-state index in [1.54, 1.807) is 6.21 Å². The van der Waals surface area contributed by atoms with E-state index in [1.807, 2.05) is 20.8 Å². The van der Waals surface area contributed by atoms with Crippen molar-refractivity contribution in [1.29, 1.82) is 0 Å². The summed E-state index contributed by atoms with van der Waals surface area (Å²) in [5.74, 6) is 0. The van der Waals surface area contributed by atoms with E-state index < -0.39 is 11.4 Å². The van der Waals surface area contributed by atoms with Crippen LogP contribution in [0.2, 0.25) is 0 Å². The number of halogens is 1. The molecule has 5 heteroatoms. The molecule has 0 N–H and O–H groups in total. The molecule has 0 aliphatic carbocycles. The molecule has 82 valence electrons. The van der Waals surface area contributed by atoms with Gasteiger partial charge in [0.05, 0.1) is 24.8 Å². The normalized spacial score (nSPS) is 23.5. The van der Waals surface area contributed by atoms with Gasteiger partial charge in [-0.3, -0.25) is 0 Å². The van der Waals surface area contributed by atoms with Gasteiger partial charge in [0.25, 0.3) is 0 Å². The van der Waals surface area contributed by atoms with E-state index in [0.29, 0.717) is 13.2 Å². The SMILES string of the molecule is CC(C)(C)[S+]([O-])/N=C/C1(CBr)COC1. The molecule has 0 amide bonds. The molecule has 1 atom stereocenters. The highest BCUT2D eigenvalue weighted by molar-refractivity contribution is 9.09. The first-order valence-electron chi connectivity index (χ1n) is 4.51. The summed E-state index contributed by atoms with van der Waals surface area (Å²) in [6, 6.07) is 0. The van der Waals surface area contributed by atoms with Crippen LogP contribution in [-0.4, -0.2) is 34.1 Å². The van der Waals surface area contributed by atoms with Crippen molar-refractivity contribution in [3.8, 4) is 0 Å². The van der Waals surface area contributed by atoms with Gasteiger partial charge in [0.2, 0.25) is 0 Å². The quantitative estimate of drug-likeness (QED) is 0.451. The van der Waals surface area contributed by atoms with Crippen molar-refractivity contribution in [1.82, 2.24) is 0 Å². The minimum absolute atomic E-state index is 0.0269. The summed E-state index contributed by atoms with van der Waals surface area (Å²) in [5.41, 5.74) is -0.0269. The number of alkyl halides is 1. The fourth-order valence-corrected chi connectivity index (χ4v) is 1.97. The molecule has 1 fully saturated rings. The molecule has 0 spiro atoms. The lowest BCUT2D eigenvalue weighted by Crippen LogP contribution is -2.45. The van der Waals surface area contributed by atoms with Crippen molar-refractivity contribution in [2.45, 2.75) is 25.5 Å². The lowest BCUT2D eigenvalue weighted by Gasteiger charge is -2.36. The van der Waals surface area contributed by atoms with Gasteiger partial charge >= 0.3 is 0 Å². The van der Waals surface area contributed by atoms with Gasteiger partial charge < -0.3 is 9.29 Å². The first kappa shape index (κ1) is 12.5. The molecule has 0 bridgehead atoms. The van der Waals surface area contributed by atoms with Crippen LogP contribution in [0.15, 0.2) is 4.40 Å². The predicted molar refractivity (Wildman–Crippen MR) is 63.4 cm³/mol. The molecule has 1 rings (SSSR count). The lowest BCUT2D eigenvalue weighted by molar-refractivity contribution is -0.0519. The highest BCUT2D eigenvalue weighted by Gasteiger charge is 2.37. The fourth-order valence-electron chi connectivity index (χ4n) is 0.868. The third-order valence-electron chi connectivity index (χ3n) is 1.99. The van der Waals surface area contributed by atoms with Crippen molar-refractivity contribution in [2.75, 3.05) is 18.5 Å². The first-order valence-corrected chi connectivity index (χ1v) is 6.73. The summed E-state index contributed by atoms with van der Waals surface area (Å²) in [4.78, 5) is 0. The Kier molecular flexibility index (Phi) is 4.03. The average molecular weight is 282 g/mol. The van der Waals surface area contributed by atoms with Crippen molar-refractivity contribution >= 4 is 33.5 Å². The summed E-state index contributed by atoms with van der Waals surface area (Å²) >= 11 is 2.25. The average Bonchev–Trinajstić information content (AvgIpc) is 2.01. The summed E-state index contributed by atoms with van der Waals surface area (Å²) in [6.45, 7) is 7.09. The zero-order chi connectivity index (χ0) is 10.8. The number of rotatable bonds is 3. The smallest absolute Gasteiger partial charge is 0.144 e. The van der Waals surface area contributed by atoms with Crippen LogP contribution in [0.5, 0.6) is 0 Å². The van der Waals surface area contributed by atoms with Gasteiger partial charge in [0.1, 0.15) is 16.1 Å². The Morgan fingerprint density at radius 3 is 2.43 bits per heavy atom. The monoisotopic (exact) mass is 281 g/mol. The number of ether oxygens (including phenoxy) is 1. The molecule has 1 saturated heterocycles. The fraction of sp³-hybridized carbons (Fsp3) is 0.889. The molecule has 1 unspecified atom stereocenters. The second-order valence-electron chi connectivity index (χ2n) is 4.58. The Balaban J connectivity index is 2.54. The second-order valence-corrected chi connectivity index (χ2v) is 7.08. The minimum atomic E-state index is -1.16. The number of hydrogen-bond donors (Lipinski definition) is 0. The van der Waals surface area contributed by atoms with Crippen LogP contribution in [0.1, 0.15) is 20.8 Å². The van der Waals surface area contributed by atoms with Crippen molar-refractivity contribution in [3.63, 3.8) is 0 Å². The molecule has 3 nitrogen and oxygen atoms in total. The third-order valence-corrected chi connectivity index (χ3v) is 4.45. The Morgan fingerprint density at radius 1 is 1.57 bits per heavy atom. The molecule has 0 aromatic carbocycles.